The van der Waals surface area contributed by atoms with E-state index in [-0.39, 0.29) is 49.9 Å². The van der Waals surface area contributed by atoms with Crippen molar-refractivity contribution in [3.63, 3.8) is 0 Å². The van der Waals surface area contributed by atoms with Crippen LogP contribution in [0.1, 0.15) is 163 Å². The Bertz CT molecular complexity index is 2390. The molecule has 0 aromatic heterocycles. The molecule has 11 amide bonds. The Hall–Kier alpha value is -6.17. The number of nitrogens with zero attached hydrogens (tertiary/aromatic N) is 7. The molecule has 0 saturated carbocycles. The summed E-state index contributed by atoms with van der Waals surface area (Å²) in [6, 6.07) is -12.9. The molecule has 0 aromatic carbocycles. The molecule has 1 saturated heterocycles. The molecule has 1 fully saturated rings. The van der Waals surface area contributed by atoms with Crippen molar-refractivity contribution < 1.29 is 63.0 Å². The Morgan fingerprint density at radius 2 is 1.00 bits per heavy atom. The van der Waals surface area contributed by atoms with Gasteiger partial charge in [0.25, 0.3) is 0 Å². The number of carbonyl (C=O) groups excluding carboxylic acids is 11. The predicted molar refractivity (Wildman–Crippen MR) is 335 cm³/mol. The largest absolute Gasteiger partial charge is 0.390 e. The van der Waals surface area contributed by atoms with E-state index in [4.69, 9.17) is 0 Å². The van der Waals surface area contributed by atoms with E-state index >= 15 is 9.59 Å². The van der Waals surface area contributed by atoms with Crippen LogP contribution < -0.4 is 21.3 Å². The molecular formula is C63H113N11O13. The second-order valence-corrected chi connectivity index (χ2v) is 26.8. The molecule has 1 aliphatic rings. The minimum Gasteiger partial charge on any atom is -0.390 e. The van der Waals surface area contributed by atoms with E-state index in [0.717, 1.165) is 14.7 Å². The summed E-state index contributed by atoms with van der Waals surface area (Å²) in [5, 5.41) is 34.1. The molecule has 0 spiro atoms. The van der Waals surface area contributed by atoms with Gasteiger partial charge in [-0.1, -0.05) is 95.2 Å². The summed E-state index contributed by atoms with van der Waals surface area (Å²) >= 11 is 0. The standard InChI is InChI=1S/C63H113N11O13/c1-25-27-28-40(13)52(76)51-56(80)66-43(26-2)58(82)68(18)34-48(75)69(19)47(33-63(16,17)87)55(79)67-49(38(9)10)61(85)70(20)44(30-29-35(3)4)54(78)64-41(14)53(77)65-42(15)57(81)71(21)45(31-36(5)6)59(83)72(22)46(32-37(7)8)60(84)73(23)50(39(11)12)62(86)74(51)24/h25,27,35-47,49-52,76,87H,26,28-34H2,1-24H3,(H,64,78)(H,65,77)(H,66,80)(H,67,79)/b27-25+/t40-,41-,42+,43-,44-,45+,46-,47+,49-,50-,51?,52-/m1/s1. The number of carbonyl (C=O) groups is 11. The van der Waals surface area contributed by atoms with Gasteiger partial charge in [0.15, 0.2) is 0 Å². The number of hydrogen-bond donors (Lipinski definition) is 6. The zero-order valence-electron chi connectivity index (χ0n) is 57.1. The maximum atomic E-state index is 15.1. The SMILES string of the molecule is C/C=C/C[C@@H](C)[C@@H](O)C1C(=O)N[C@H](CC)C(=O)N(C)CC(=O)N(C)[C@@H](CC(C)(C)O)C(=O)N[C@H](C(C)C)C(=O)N(C)[C@H](CCC(C)C)C(=O)N[C@H](C)C(=O)N[C@@H](C)C(=O)N(C)[C@@H](CC(C)C)C(=O)N(C)[C@H](CC(C)C)C(=O)N(C)[C@H](C(C)C)C(=O)N1C. The Balaban J connectivity index is 4.36. The molecule has 24 nitrogen and oxygen atoms in total. The lowest BCUT2D eigenvalue weighted by molar-refractivity contribution is -0.157. The molecule has 0 aliphatic carbocycles. The van der Waals surface area contributed by atoms with Gasteiger partial charge >= 0.3 is 0 Å². The highest BCUT2D eigenvalue weighted by atomic mass is 16.3. The van der Waals surface area contributed by atoms with Crippen LogP contribution in [0.3, 0.4) is 0 Å². The Labute approximate surface area is 520 Å². The lowest BCUT2D eigenvalue weighted by Gasteiger charge is -2.41. The predicted octanol–water partition coefficient (Wildman–Crippen LogP) is 2.77. The van der Waals surface area contributed by atoms with Gasteiger partial charge in [0.2, 0.25) is 65.0 Å². The number of aliphatic hydroxyl groups excluding tert-OH is 1. The second-order valence-electron chi connectivity index (χ2n) is 26.8. The van der Waals surface area contributed by atoms with Gasteiger partial charge in [0.1, 0.15) is 60.4 Å². The highest BCUT2D eigenvalue weighted by molar-refractivity contribution is 5.99. The Morgan fingerprint density at radius 1 is 0.529 bits per heavy atom. The number of amides is 11. The molecule has 1 heterocycles. The topological polar surface area (TPSA) is 299 Å². The molecule has 12 atom stereocenters. The lowest BCUT2D eigenvalue weighted by atomic mass is 9.91. The van der Waals surface area contributed by atoms with E-state index in [1.165, 1.54) is 96.6 Å². The first kappa shape index (κ1) is 78.8. The minimum atomic E-state index is -1.64. The maximum absolute atomic E-state index is 15.1. The molecule has 0 aromatic rings. The third-order valence-corrected chi connectivity index (χ3v) is 16.4. The summed E-state index contributed by atoms with van der Waals surface area (Å²) in [7, 11) is 9.70. The van der Waals surface area contributed by atoms with Crippen LogP contribution in [0.25, 0.3) is 0 Å². The highest BCUT2D eigenvalue weighted by Gasteiger charge is 2.46. The van der Waals surface area contributed by atoms with Crippen molar-refractivity contribution in [2.75, 3.05) is 55.9 Å². The number of hydrogen-bond acceptors (Lipinski definition) is 13. The van der Waals surface area contributed by atoms with E-state index in [9.17, 15) is 53.4 Å². The number of rotatable bonds is 16. The van der Waals surface area contributed by atoms with Gasteiger partial charge in [-0.15, -0.1) is 0 Å². The molecule has 87 heavy (non-hydrogen) atoms. The average molecular weight is 1230 g/mol. The molecule has 1 unspecified atom stereocenters. The van der Waals surface area contributed by atoms with Gasteiger partial charge in [-0.3, -0.25) is 52.7 Å². The monoisotopic (exact) mass is 1230 g/mol. The zero-order valence-corrected chi connectivity index (χ0v) is 57.1. The van der Waals surface area contributed by atoms with Crippen molar-refractivity contribution >= 4 is 65.0 Å². The fourth-order valence-electron chi connectivity index (χ4n) is 10.8. The van der Waals surface area contributed by atoms with Crippen LogP contribution in [0.2, 0.25) is 0 Å². The molecule has 0 bridgehead atoms. The van der Waals surface area contributed by atoms with Gasteiger partial charge in [0, 0.05) is 55.8 Å². The summed E-state index contributed by atoms with van der Waals surface area (Å²) in [6.07, 6.45) is 2.90. The van der Waals surface area contributed by atoms with Crippen molar-refractivity contribution in [1.29, 1.82) is 0 Å². The smallest absolute Gasteiger partial charge is 0.246 e. The first-order valence-electron chi connectivity index (χ1n) is 31.1. The van der Waals surface area contributed by atoms with E-state index < -0.39 is 161 Å². The summed E-state index contributed by atoms with van der Waals surface area (Å²) < 4.78 is 0. The number of allylic oxidation sites excluding steroid dienone is 2. The number of nitrogens with one attached hydrogen (secondary N) is 4. The first-order chi connectivity index (χ1) is 40.0. The van der Waals surface area contributed by atoms with Gasteiger partial charge < -0.3 is 65.8 Å². The number of likely N-dealkylation sites (N-methyl/N-ethyl adjacent to an activating group) is 7. The summed E-state index contributed by atoms with van der Waals surface area (Å²) in [4.78, 5) is 169. The van der Waals surface area contributed by atoms with Crippen molar-refractivity contribution in [3.05, 3.63) is 12.2 Å². The average Bonchev–Trinajstić information content (AvgIpc) is 1.28. The van der Waals surface area contributed by atoms with Crippen LogP contribution in [-0.4, -0.2) is 237 Å². The van der Waals surface area contributed by atoms with Gasteiger partial charge in [0.05, 0.1) is 18.2 Å². The van der Waals surface area contributed by atoms with Crippen LogP contribution >= 0.6 is 0 Å². The molecule has 1 rings (SSSR count). The van der Waals surface area contributed by atoms with Crippen LogP contribution in [0.5, 0.6) is 0 Å². The van der Waals surface area contributed by atoms with Crippen LogP contribution in [0.15, 0.2) is 12.2 Å². The number of aliphatic hydroxyl groups is 2. The molecule has 6 N–H and O–H groups in total. The van der Waals surface area contributed by atoms with E-state index in [0.29, 0.717) is 12.8 Å². The summed E-state index contributed by atoms with van der Waals surface area (Å²) in [5.41, 5.74) is -1.55. The second kappa shape index (κ2) is 35.1. The fraction of sp³-hybridized carbons (Fsp3) is 0.794. The van der Waals surface area contributed by atoms with Crippen LogP contribution in [-0.2, 0) is 52.7 Å². The van der Waals surface area contributed by atoms with Crippen LogP contribution in [0.4, 0.5) is 0 Å². The Morgan fingerprint density at radius 3 is 1.46 bits per heavy atom. The third kappa shape index (κ3) is 22.7. The van der Waals surface area contributed by atoms with Crippen LogP contribution in [0, 0.1) is 35.5 Å². The molecule has 24 heteroatoms. The van der Waals surface area contributed by atoms with E-state index in [1.54, 1.807) is 60.6 Å². The first-order valence-corrected chi connectivity index (χ1v) is 31.1. The fourth-order valence-corrected chi connectivity index (χ4v) is 10.8. The van der Waals surface area contributed by atoms with Crippen molar-refractivity contribution in [2.24, 2.45) is 35.5 Å². The van der Waals surface area contributed by atoms with Gasteiger partial charge in [-0.25, -0.2) is 0 Å². The van der Waals surface area contributed by atoms with E-state index in [2.05, 4.69) is 21.3 Å². The van der Waals surface area contributed by atoms with Crippen molar-refractivity contribution in [3.8, 4) is 0 Å². The van der Waals surface area contributed by atoms with Gasteiger partial charge in [-0.05, 0) is 109 Å². The van der Waals surface area contributed by atoms with Crippen molar-refractivity contribution in [2.45, 2.75) is 235 Å². The normalized spacial score (nSPS) is 26.7. The minimum absolute atomic E-state index is 0.0132. The quantitative estimate of drug-likeness (QED) is 0.121. The van der Waals surface area contributed by atoms with E-state index in [1.807, 2.05) is 41.5 Å². The molecular weight excluding hydrogens is 1120 g/mol. The lowest BCUT2D eigenvalue weighted by Crippen LogP contribution is -2.63. The molecule has 498 valence electrons. The van der Waals surface area contributed by atoms with Gasteiger partial charge in [-0.2, -0.15) is 0 Å². The molecule has 1 aliphatic heterocycles. The maximum Gasteiger partial charge on any atom is 0.246 e. The third-order valence-electron chi connectivity index (χ3n) is 16.4. The summed E-state index contributed by atoms with van der Waals surface area (Å²) in [6.45, 7) is 28.3. The van der Waals surface area contributed by atoms with Crippen molar-refractivity contribution in [1.82, 2.24) is 55.6 Å². The zero-order chi connectivity index (χ0) is 67.6. The summed E-state index contributed by atoms with van der Waals surface area (Å²) in [5.74, 6) is -10.0. The molecule has 0 radical (unpaired) electrons. The Kier molecular flexibility index (Phi) is 31.8. The highest BCUT2D eigenvalue weighted by Crippen LogP contribution is 2.26.